The van der Waals surface area contributed by atoms with Crippen LogP contribution >= 0.6 is 11.3 Å². The lowest BCUT2D eigenvalue weighted by Crippen LogP contribution is -2.75. The second kappa shape index (κ2) is 10.4. The summed E-state index contributed by atoms with van der Waals surface area (Å²) >= 11 is 1.77. The second-order valence-corrected chi connectivity index (χ2v) is 16.2. The Bertz CT molecular complexity index is 2340. The molecule has 0 radical (unpaired) electrons. The number of hydrogen-bond donors (Lipinski definition) is 0. The molecule has 4 aromatic heterocycles. The van der Waals surface area contributed by atoms with Crippen LogP contribution in [-0.2, 0) is 0 Å². The molecular formula is C40H27N3SSi. The summed E-state index contributed by atoms with van der Waals surface area (Å²) in [5, 5.41) is 7.56. The number of rotatable bonds is 5. The van der Waals surface area contributed by atoms with E-state index in [1.807, 2.05) is 6.20 Å². The maximum atomic E-state index is 5.56. The van der Waals surface area contributed by atoms with Gasteiger partial charge in [0, 0.05) is 16.1 Å². The molecule has 0 saturated carbocycles. The maximum absolute atomic E-state index is 5.56. The van der Waals surface area contributed by atoms with Crippen LogP contribution in [0.1, 0.15) is 0 Å². The first-order valence-electron chi connectivity index (χ1n) is 15.2. The topological polar surface area (TPSA) is 30.7 Å². The summed E-state index contributed by atoms with van der Waals surface area (Å²) in [5.41, 5.74) is 5.36. The highest BCUT2D eigenvalue weighted by Gasteiger charge is 2.43. The quantitative estimate of drug-likeness (QED) is 0.151. The molecule has 0 unspecified atom stereocenters. The van der Waals surface area contributed by atoms with Crippen molar-refractivity contribution in [3.8, 4) is 5.69 Å². The molecule has 4 heterocycles. The highest BCUT2D eigenvalue weighted by Crippen LogP contribution is 2.35. The Hall–Kier alpha value is -5.36. The summed E-state index contributed by atoms with van der Waals surface area (Å²) < 4.78 is 4.62. The zero-order valence-corrected chi connectivity index (χ0v) is 26.2. The number of nitrogens with zero attached hydrogens (tertiary/aromatic N) is 3. The Morgan fingerprint density at radius 1 is 0.489 bits per heavy atom. The van der Waals surface area contributed by atoms with E-state index >= 15 is 0 Å². The lowest BCUT2D eigenvalue weighted by molar-refractivity contribution is 1.16. The van der Waals surface area contributed by atoms with Crippen molar-refractivity contribution in [2.24, 2.45) is 0 Å². The van der Waals surface area contributed by atoms with Gasteiger partial charge in [-0.1, -0.05) is 127 Å². The Labute approximate surface area is 265 Å². The highest BCUT2D eigenvalue weighted by molar-refractivity contribution is 7.26. The molecular weight excluding hydrogens is 583 g/mol. The van der Waals surface area contributed by atoms with Gasteiger partial charge in [0.1, 0.15) is 11.0 Å². The number of pyridine rings is 2. The van der Waals surface area contributed by atoms with Gasteiger partial charge in [0.25, 0.3) is 0 Å². The number of thiophene rings is 1. The molecule has 0 amide bonds. The van der Waals surface area contributed by atoms with Gasteiger partial charge in [-0.25, -0.2) is 0 Å². The summed E-state index contributed by atoms with van der Waals surface area (Å²) in [7, 11) is -2.73. The third-order valence-electron chi connectivity index (χ3n) is 8.98. The van der Waals surface area contributed by atoms with Gasteiger partial charge in [0.15, 0.2) is 0 Å². The minimum atomic E-state index is -2.73. The number of aromatic nitrogens is 3. The summed E-state index contributed by atoms with van der Waals surface area (Å²) in [4.78, 5) is 10.7. The van der Waals surface area contributed by atoms with Gasteiger partial charge in [0.2, 0.25) is 8.07 Å². The van der Waals surface area contributed by atoms with E-state index in [-0.39, 0.29) is 0 Å². The van der Waals surface area contributed by atoms with Crippen molar-refractivity contribution in [1.82, 2.24) is 14.5 Å². The Balaban J connectivity index is 1.29. The minimum Gasteiger partial charge on any atom is -0.308 e. The zero-order valence-electron chi connectivity index (χ0n) is 24.3. The predicted molar refractivity (Wildman–Crippen MR) is 193 cm³/mol. The van der Waals surface area contributed by atoms with Crippen LogP contribution in [0.3, 0.4) is 0 Å². The van der Waals surface area contributed by atoms with Crippen LogP contribution in [-0.4, -0.2) is 22.6 Å². The fourth-order valence-corrected chi connectivity index (χ4v) is 12.7. The molecule has 5 heteroatoms. The summed E-state index contributed by atoms with van der Waals surface area (Å²) in [6.45, 7) is 0. The first kappa shape index (κ1) is 26.1. The number of para-hydroxylation sites is 2. The second-order valence-electron chi connectivity index (χ2n) is 11.4. The van der Waals surface area contributed by atoms with Gasteiger partial charge in [-0.05, 0) is 45.9 Å². The van der Waals surface area contributed by atoms with Crippen LogP contribution in [0.2, 0.25) is 0 Å². The Morgan fingerprint density at radius 2 is 1.00 bits per heavy atom. The number of fused-ring (bicyclic) bond motifs is 6. The van der Waals surface area contributed by atoms with E-state index in [0.717, 1.165) is 31.4 Å². The molecule has 0 atom stereocenters. The summed E-state index contributed by atoms with van der Waals surface area (Å²) in [6.07, 6.45) is 2.01. The summed E-state index contributed by atoms with van der Waals surface area (Å²) in [6, 6.07) is 56.9. The summed E-state index contributed by atoms with van der Waals surface area (Å²) in [5.74, 6) is 0. The van der Waals surface area contributed by atoms with Gasteiger partial charge < -0.3 is 4.57 Å². The lowest BCUT2D eigenvalue weighted by atomic mass is 10.2. The zero-order chi connectivity index (χ0) is 29.8. The van der Waals surface area contributed by atoms with Crippen molar-refractivity contribution in [2.75, 3.05) is 0 Å². The van der Waals surface area contributed by atoms with Crippen LogP contribution in [0.25, 0.3) is 47.9 Å². The van der Waals surface area contributed by atoms with Crippen LogP contribution in [0.15, 0.2) is 164 Å². The molecule has 0 aliphatic heterocycles. The van der Waals surface area contributed by atoms with Gasteiger partial charge in [-0.2, -0.15) is 0 Å². The van der Waals surface area contributed by atoms with Crippen molar-refractivity contribution >= 4 is 82.5 Å². The molecule has 0 bridgehead atoms. The molecule has 0 aliphatic rings. The van der Waals surface area contributed by atoms with E-state index in [1.165, 1.54) is 37.4 Å². The largest absolute Gasteiger partial charge is 0.308 e. The van der Waals surface area contributed by atoms with Gasteiger partial charge in [0.05, 0.1) is 32.3 Å². The third-order valence-corrected chi connectivity index (χ3v) is 14.7. The van der Waals surface area contributed by atoms with E-state index in [0.29, 0.717) is 0 Å². The number of hydrogen-bond acceptors (Lipinski definition) is 3. The maximum Gasteiger partial charge on any atom is 0.201 e. The first-order chi connectivity index (χ1) is 22.3. The molecule has 0 N–H and O–H groups in total. The molecule has 0 saturated heterocycles. The van der Waals surface area contributed by atoms with Crippen molar-refractivity contribution in [3.63, 3.8) is 0 Å². The minimum absolute atomic E-state index is 0.957. The van der Waals surface area contributed by atoms with Gasteiger partial charge in [-0.3, -0.25) is 9.97 Å². The van der Waals surface area contributed by atoms with Crippen molar-refractivity contribution in [3.05, 3.63) is 164 Å². The van der Waals surface area contributed by atoms with Crippen LogP contribution in [0.5, 0.6) is 0 Å². The van der Waals surface area contributed by atoms with Crippen LogP contribution in [0.4, 0.5) is 0 Å². The average molecular weight is 610 g/mol. The third kappa shape index (κ3) is 3.95. The van der Waals surface area contributed by atoms with E-state index in [1.54, 1.807) is 11.3 Å². The fourth-order valence-electron chi connectivity index (χ4n) is 7.05. The van der Waals surface area contributed by atoms with E-state index in [4.69, 9.17) is 9.97 Å². The van der Waals surface area contributed by atoms with E-state index in [9.17, 15) is 0 Å². The Morgan fingerprint density at radius 3 is 1.56 bits per heavy atom. The lowest BCUT2D eigenvalue weighted by Gasteiger charge is -2.33. The smallest absolute Gasteiger partial charge is 0.201 e. The first-order valence-corrected chi connectivity index (χ1v) is 18.0. The molecule has 9 aromatic rings. The molecule has 0 spiro atoms. The predicted octanol–water partition coefficient (Wildman–Crippen LogP) is 7.32. The van der Waals surface area contributed by atoms with Gasteiger partial charge >= 0.3 is 0 Å². The monoisotopic (exact) mass is 609 g/mol. The standard InChI is InChI=1S/C40H27N3SSi/c1-4-14-29(15-5-1)45(30-16-6-2-7-17-30,31-18-8-3-9-19-31)38-25-24-36-40(42-38)39-37(44-36)26-28(27-41-39)43-34-22-12-10-20-32(34)33-21-11-13-23-35(33)43/h1-27H. The van der Waals surface area contributed by atoms with E-state index < -0.39 is 8.07 Å². The molecule has 45 heavy (non-hydrogen) atoms. The SMILES string of the molecule is c1ccc([Si](c2ccccc2)(c2ccccc2)c2ccc3sc4cc(-n5c6ccccc6c6ccccc65)cnc4c3n2)cc1. The van der Waals surface area contributed by atoms with Crippen LogP contribution < -0.4 is 20.9 Å². The molecule has 212 valence electrons. The Kier molecular flexibility index (Phi) is 6.01. The fraction of sp³-hybridized carbons (Fsp3) is 0. The van der Waals surface area contributed by atoms with Crippen molar-refractivity contribution < 1.29 is 0 Å². The molecule has 9 rings (SSSR count). The van der Waals surface area contributed by atoms with Crippen LogP contribution in [0, 0.1) is 0 Å². The van der Waals surface area contributed by atoms with Crippen molar-refractivity contribution in [2.45, 2.75) is 0 Å². The molecule has 3 nitrogen and oxygen atoms in total. The molecule has 5 aromatic carbocycles. The average Bonchev–Trinajstić information content (AvgIpc) is 3.65. The molecule has 0 aliphatic carbocycles. The normalized spacial score (nSPS) is 12.0. The van der Waals surface area contributed by atoms with Gasteiger partial charge in [-0.15, -0.1) is 11.3 Å². The molecule has 0 fully saturated rings. The highest BCUT2D eigenvalue weighted by atomic mass is 32.1. The number of benzene rings is 5. The van der Waals surface area contributed by atoms with E-state index in [2.05, 4.69) is 162 Å². The van der Waals surface area contributed by atoms with Crippen molar-refractivity contribution in [1.29, 1.82) is 0 Å².